The van der Waals surface area contributed by atoms with Gasteiger partial charge in [0.15, 0.2) is 0 Å². The summed E-state index contributed by atoms with van der Waals surface area (Å²) in [6.07, 6.45) is 0.128. The predicted molar refractivity (Wildman–Crippen MR) is 98.0 cm³/mol. The van der Waals surface area contributed by atoms with E-state index in [0.29, 0.717) is 22.7 Å². The van der Waals surface area contributed by atoms with Crippen molar-refractivity contribution < 1.29 is 18.7 Å². The van der Waals surface area contributed by atoms with Gasteiger partial charge in [-0.05, 0) is 55.3 Å². The standard InChI is InChI=1S/C20H21FN2O3/c1-12-4-7-18(26-3)17(8-12)23-11-14(10-19(23)24)20(25)22-16-6-5-15(21)9-13(16)2/h4-9,14H,10-11H2,1-3H3,(H,22,25)/t14-/m0/s1. The van der Waals surface area contributed by atoms with Crippen LogP contribution in [0.2, 0.25) is 0 Å². The molecule has 1 fully saturated rings. The molecule has 0 aliphatic carbocycles. The minimum atomic E-state index is -0.475. The molecule has 26 heavy (non-hydrogen) atoms. The van der Waals surface area contributed by atoms with Gasteiger partial charge in [0, 0.05) is 18.7 Å². The Labute approximate surface area is 151 Å². The lowest BCUT2D eigenvalue weighted by molar-refractivity contribution is -0.122. The van der Waals surface area contributed by atoms with Gasteiger partial charge in [0.25, 0.3) is 0 Å². The summed E-state index contributed by atoms with van der Waals surface area (Å²) in [6, 6.07) is 9.78. The van der Waals surface area contributed by atoms with E-state index in [0.717, 1.165) is 5.56 Å². The number of rotatable bonds is 4. The molecule has 2 amide bonds. The normalized spacial score (nSPS) is 16.7. The van der Waals surface area contributed by atoms with Crippen LogP contribution in [-0.4, -0.2) is 25.5 Å². The Morgan fingerprint density at radius 3 is 2.69 bits per heavy atom. The van der Waals surface area contributed by atoms with Gasteiger partial charge in [-0.3, -0.25) is 9.59 Å². The number of nitrogens with zero attached hydrogens (tertiary/aromatic N) is 1. The van der Waals surface area contributed by atoms with E-state index in [1.54, 1.807) is 18.9 Å². The molecule has 1 aliphatic heterocycles. The Kier molecular flexibility index (Phi) is 4.93. The number of nitrogens with one attached hydrogen (secondary N) is 1. The van der Waals surface area contributed by atoms with E-state index in [2.05, 4.69) is 5.32 Å². The van der Waals surface area contributed by atoms with Crippen LogP contribution in [0.5, 0.6) is 5.75 Å². The van der Waals surface area contributed by atoms with E-state index in [1.165, 1.54) is 18.2 Å². The average molecular weight is 356 g/mol. The van der Waals surface area contributed by atoms with Gasteiger partial charge in [0.05, 0.1) is 18.7 Å². The molecule has 3 rings (SSSR count). The summed E-state index contributed by atoms with van der Waals surface area (Å²) >= 11 is 0. The van der Waals surface area contributed by atoms with Crippen molar-refractivity contribution in [1.82, 2.24) is 0 Å². The Morgan fingerprint density at radius 2 is 2.00 bits per heavy atom. The molecule has 0 spiro atoms. The third-order valence-corrected chi connectivity index (χ3v) is 4.57. The maximum atomic E-state index is 13.2. The third kappa shape index (κ3) is 3.54. The fraction of sp³-hybridized carbons (Fsp3) is 0.300. The summed E-state index contributed by atoms with van der Waals surface area (Å²) < 4.78 is 18.6. The fourth-order valence-electron chi connectivity index (χ4n) is 3.13. The zero-order chi connectivity index (χ0) is 18.8. The van der Waals surface area contributed by atoms with Crippen molar-refractivity contribution in [3.63, 3.8) is 0 Å². The number of benzene rings is 2. The van der Waals surface area contributed by atoms with E-state index in [1.807, 2.05) is 25.1 Å². The van der Waals surface area contributed by atoms with Crippen LogP contribution in [0.3, 0.4) is 0 Å². The predicted octanol–water partition coefficient (Wildman–Crippen LogP) is 3.44. The Bertz CT molecular complexity index is 866. The summed E-state index contributed by atoms with van der Waals surface area (Å²) in [5.74, 6) is -0.599. The Hall–Kier alpha value is -2.89. The molecular formula is C20H21FN2O3. The van der Waals surface area contributed by atoms with Crippen molar-refractivity contribution in [2.24, 2.45) is 5.92 Å². The number of halogens is 1. The van der Waals surface area contributed by atoms with Gasteiger partial charge in [0.2, 0.25) is 11.8 Å². The molecule has 2 aromatic carbocycles. The van der Waals surface area contributed by atoms with Crippen LogP contribution in [0.1, 0.15) is 17.5 Å². The van der Waals surface area contributed by atoms with Gasteiger partial charge in [-0.15, -0.1) is 0 Å². The lowest BCUT2D eigenvalue weighted by atomic mass is 10.1. The number of hydrogen-bond donors (Lipinski definition) is 1. The van der Waals surface area contributed by atoms with Crippen LogP contribution in [0.4, 0.5) is 15.8 Å². The summed E-state index contributed by atoms with van der Waals surface area (Å²) in [6.45, 7) is 3.94. The number of aryl methyl sites for hydroxylation is 2. The maximum Gasteiger partial charge on any atom is 0.229 e. The zero-order valence-corrected chi connectivity index (χ0v) is 15.0. The van der Waals surface area contributed by atoms with Crippen molar-refractivity contribution in [1.29, 1.82) is 0 Å². The highest BCUT2D eigenvalue weighted by molar-refractivity contribution is 6.04. The van der Waals surface area contributed by atoms with Crippen molar-refractivity contribution in [3.8, 4) is 5.75 Å². The highest BCUT2D eigenvalue weighted by Gasteiger charge is 2.36. The Balaban J connectivity index is 1.77. The molecule has 136 valence electrons. The molecule has 1 heterocycles. The number of carbonyl (C=O) groups excluding carboxylic acids is 2. The van der Waals surface area contributed by atoms with E-state index >= 15 is 0 Å². The highest BCUT2D eigenvalue weighted by Crippen LogP contribution is 2.34. The molecule has 2 aromatic rings. The molecule has 0 unspecified atom stereocenters. The second-order valence-corrected chi connectivity index (χ2v) is 6.53. The largest absolute Gasteiger partial charge is 0.495 e. The van der Waals surface area contributed by atoms with Gasteiger partial charge in [-0.25, -0.2) is 4.39 Å². The van der Waals surface area contributed by atoms with Gasteiger partial charge in [-0.2, -0.15) is 0 Å². The number of methoxy groups -OCH3 is 1. The van der Waals surface area contributed by atoms with Crippen LogP contribution in [0, 0.1) is 25.6 Å². The summed E-state index contributed by atoms with van der Waals surface area (Å²) in [5.41, 5.74) is 2.87. The van der Waals surface area contributed by atoms with E-state index in [9.17, 15) is 14.0 Å². The first kappa shape index (κ1) is 17.9. The van der Waals surface area contributed by atoms with Crippen LogP contribution in [0.25, 0.3) is 0 Å². The first-order valence-electron chi connectivity index (χ1n) is 8.41. The highest BCUT2D eigenvalue weighted by atomic mass is 19.1. The molecule has 0 radical (unpaired) electrons. The summed E-state index contributed by atoms with van der Waals surface area (Å²) in [7, 11) is 1.55. The van der Waals surface area contributed by atoms with Crippen LogP contribution in [-0.2, 0) is 9.59 Å². The van der Waals surface area contributed by atoms with Crippen molar-refractivity contribution in [2.75, 3.05) is 23.9 Å². The minimum Gasteiger partial charge on any atom is -0.495 e. The minimum absolute atomic E-state index is 0.120. The molecule has 0 bridgehead atoms. The van der Waals surface area contributed by atoms with Crippen molar-refractivity contribution in [3.05, 3.63) is 53.3 Å². The average Bonchev–Trinajstić information content (AvgIpc) is 2.99. The van der Waals surface area contributed by atoms with Crippen molar-refractivity contribution in [2.45, 2.75) is 20.3 Å². The van der Waals surface area contributed by atoms with Crippen LogP contribution in [0.15, 0.2) is 36.4 Å². The van der Waals surface area contributed by atoms with Gasteiger partial charge >= 0.3 is 0 Å². The summed E-state index contributed by atoms with van der Waals surface area (Å²) in [4.78, 5) is 26.6. The molecule has 0 saturated carbocycles. The first-order valence-corrected chi connectivity index (χ1v) is 8.41. The molecule has 6 heteroatoms. The monoisotopic (exact) mass is 356 g/mol. The molecule has 1 aliphatic rings. The van der Waals surface area contributed by atoms with E-state index < -0.39 is 5.92 Å². The third-order valence-electron chi connectivity index (χ3n) is 4.57. The first-order chi connectivity index (χ1) is 12.4. The number of hydrogen-bond acceptors (Lipinski definition) is 3. The van der Waals surface area contributed by atoms with Crippen molar-refractivity contribution >= 4 is 23.2 Å². The molecule has 1 atom stereocenters. The lowest BCUT2D eigenvalue weighted by Gasteiger charge is -2.20. The number of anilines is 2. The van der Waals surface area contributed by atoms with Crippen LogP contribution >= 0.6 is 0 Å². The van der Waals surface area contributed by atoms with E-state index in [-0.39, 0.29) is 30.6 Å². The lowest BCUT2D eigenvalue weighted by Crippen LogP contribution is -2.28. The van der Waals surface area contributed by atoms with Gasteiger partial charge < -0.3 is 15.0 Å². The van der Waals surface area contributed by atoms with Gasteiger partial charge in [0.1, 0.15) is 11.6 Å². The maximum absolute atomic E-state index is 13.2. The zero-order valence-electron chi connectivity index (χ0n) is 15.0. The number of ether oxygens (including phenoxy) is 1. The SMILES string of the molecule is COc1ccc(C)cc1N1C[C@@H](C(=O)Nc2ccc(F)cc2C)CC1=O. The quantitative estimate of drug-likeness (QED) is 0.913. The molecule has 5 nitrogen and oxygen atoms in total. The molecule has 0 aromatic heterocycles. The smallest absolute Gasteiger partial charge is 0.229 e. The van der Waals surface area contributed by atoms with E-state index in [4.69, 9.17) is 4.74 Å². The molecular weight excluding hydrogens is 335 g/mol. The topological polar surface area (TPSA) is 58.6 Å². The molecule has 1 N–H and O–H groups in total. The van der Waals surface area contributed by atoms with Crippen LogP contribution < -0.4 is 15.0 Å². The van der Waals surface area contributed by atoms with Gasteiger partial charge in [-0.1, -0.05) is 6.07 Å². The summed E-state index contributed by atoms with van der Waals surface area (Å²) in [5, 5.41) is 2.80. The molecule has 1 saturated heterocycles. The Morgan fingerprint density at radius 1 is 1.23 bits per heavy atom. The second-order valence-electron chi connectivity index (χ2n) is 6.53. The number of carbonyl (C=O) groups is 2. The fourth-order valence-corrected chi connectivity index (χ4v) is 3.13. The second kappa shape index (κ2) is 7.15. The number of amides is 2.